The molecule has 2 atom stereocenters. The molecule has 0 bridgehead atoms. The average molecular weight is 306 g/mol. The van der Waals surface area contributed by atoms with Crippen molar-refractivity contribution < 1.29 is 13.5 Å². The summed E-state index contributed by atoms with van der Waals surface area (Å²) in [5, 5.41) is 11.1. The van der Waals surface area contributed by atoms with E-state index in [2.05, 4.69) is 15.6 Å². The van der Waals surface area contributed by atoms with Gasteiger partial charge in [-0.25, -0.2) is 13.5 Å². The predicted molar refractivity (Wildman–Crippen MR) is 77.1 cm³/mol. The second-order valence-electron chi connectivity index (χ2n) is 5.07. The fourth-order valence-electron chi connectivity index (χ4n) is 2.43. The highest BCUT2D eigenvalue weighted by atomic mass is 19.1. The molecule has 7 heteroatoms. The molecule has 3 rings (SSSR count). The number of hydrogen-bond donors (Lipinski definition) is 1. The van der Waals surface area contributed by atoms with Crippen LogP contribution < -0.4 is 5.32 Å². The zero-order valence-corrected chi connectivity index (χ0v) is 11.8. The van der Waals surface area contributed by atoms with Crippen molar-refractivity contribution in [1.82, 2.24) is 20.3 Å². The Kier molecular flexibility index (Phi) is 4.55. The van der Waals surface area contributed by atoms with Crippen LogP contribution in [-0.2, 0) is 4.74 Å². The maximum absolute atomic E-state index is 13.5. The van der Waals surface area contributed by atoms with Gasteiger partial charge in [-0.05, 0) is 12.1 Å². The number of halogens is 2. The molecule has 1 saturated heterocycles. The standard InChI is InChI=1S/C15H16F2N4O/c16-12-4-3-11(13(17)8-12)2-1-5-18-14-9-22-10-15(14)21-7-6-19-20-21/h1-4,6-8,14-15,18H,5,9-10H2/b2-1+/t14-,15+/m0/s1. The number of benzene rings is 1. The summed E-state index contributed by atoms with van der Waals surface area (Å²) in [4.78, 5) is 0. The van der Waals surface area contributed by atoms with E-state index in [1.807, 2.05) is 0 Å². The van der Waals surface area contributed by atoms with Gasteiger partial charge in [-0.2, -0.15) is 0 Å². The quantitative estimate of drug-likeness (QED) is 0.915. The van der Waals surface area contributed by atoms with Crippen LogP contribution in [0.2, 0.25) is 0 Å². The van der Waals surface area contributed by atoms with Gasteiger partial charge in [0.15, 0.2) is 0 Å². The van der Waals surface area contributed by atoms with Crippen LogP contribution in [-0.4, -0.2) is 40.8 Å². The molecule has 1 aromatic carbocycles. The zero-order chi connectivity index (χ0) is 15.4. The summed E-state index contributed by atoms with van der Waals surface area (Å²) in [6.45, 7) is 1.72. The van der Waals surface area contributed by atoms with Gasteiger partial charge in [0, 0.05) is 24.4 Å². The highest BCUT2D eigenvalue weighted by Crippen LogP contribution is 2.18. The Bertz CT molecular complexity index is 645. The van der Waals surface area contributed by atoms with E-state index < -0.39 is 11.6 Å². The van der Waals surface area contributed by atoms with E-state index in [1.165, 1.54) is 12.1 Å². The second-order valence-corrected chi connectivity index (χ2v) is 5.07. The Morgan fingerprint density at radius 3 is 3.05 bits per heavy atom. The first-order valence-corrected chi connectivity index (χ1v) is 7.02. The molecule has 0 aliphatic carbocycles. The SMILES string of the molecule is Fc1ccc(/C=C/CN[C@H]2COC[C@H]2n2ccnn2)c(F)c1. The van der Waals surface area contributed by atoms with Crippen LogP contribution in [0.5, 0.6) is 0 Å². The Morgan fingerprint density at radius 1 is 1.36 bits per heavy atom. The van der Waals surface area contributed by atoms with Crippen molar-refractivity contribution in [2.24, 2.45) is 0 Å². The summed E-state index contributed by atoms with van der Waals surface area (Å²) >= 11 is 0. The van der Waals surface area contributed by atoms with Crippen molar-refractivity contribution in [2.75, 3.05) is 19.8 Å². The highest BCUT2D eigenvalue weighted by Gasteiger charge is 2.29. The van der Waals surface area contributed by atoms with Crippen molar-refractivity contribution in [3.05, 3.63) is 53.9 Å². The van der Waals surface area contributed by atoms with E-state index in [0.29, 0.717) is 25.3 Å². The number of aromatic nitrogens is 3. The lowest BCUT2D eigenvalue weighted by atomic mass is 10.1. The molecule has 0 unspecified atom stereocenters. The van der Waals surface area contributed by atoms with Crippen molar-refractivity contribution in [1.29, 1.82) is 0 Å². The van der Waals surface area contributed by atoms with Crippen molar-refractivity contribution in [2.45, 2.75) is 12.1 Å². The predicted octanol–water partition coefficient (Wildman–Crippen LogP) is 1.80. The van der Waals surface area contributed by atoms with Crippen molar-refractivity contribution in [3.8, 4) is 0 Å². The van der Waals surface area contributed by atoms with E-state index in [9.17, 15) is 8.78 Å². The van der Waals surface area contributed by atoms with Gasteiger partial charge in [0.25, 0.3) is 0 Å². The third kappa shape index (κ3) is 3.37. The fraction of sp³-hybridized carbons (Fsp3) is 0.333. The van der Waals surface area contributed by atoms with Crippen molar-refractivity contribution in [3.63, 3.8) is 0 Å². The molecule has 22 heavy (non-hydrogen) atoms. The smallest absolute Gasteiger partial charge is 0.133 e. The van der Waals surface area contributed by atoms with Crippen LogP contribution >= 0.6 is 0 Å². The van der Waals surface area contributed by atoms with Crippen LogP contribution in [0.3, 0.4) is 0 Å². The van der Waals surface area contributed by atoms with E-state index in [1.54, 1.807) is 29.2 Å². The molecule has 116 valence electrons. The zero-order valence-electron chi connectivity index (χ0n) is 11.8. The van der Waals surface area contributed by atoms with Gasteiger partial charge in [-0.3, -0.25) is 0 Å². The second kappa shape index (κ2) is 6.76. The minimum atomic E-state index is -0.577. The van der Waals surface area contributed by atoms with Gasteiger partial charge < -0.3 is 10.1 Å². The summed E-state index contributed by atoms with van der Waals surface area (Å²) in [6.07, 6.45) is 6.86. The number of nitrogens with one attached hydrogen (secondary N) is 1. The van der Waals surface area contributed by atoms with E-state index in [4.69, 9.17) is 4.74 Å². The highest BCUT2D eigenvalue weighted by molar-refractivity contribution is 5.49. The molecule has 0 radical (unpaired) electrons. The van der Waals surface area contributed by atoms with Gasteiger partial charge >= 0.3 is 0 Å². The molecule has 1 aliphatic heterocycles. The van der Waals surface area contributed by atoms with Crippen LogP contribution in [0, 0.1) is 11.6 Å². The molecule has 0 saturated carbocycles. The van der Waals surface area contributed by atoms with Gasteiger partial charge in [0.1, 0.15) is 11.6 Å². The number of ether oxygens (including phenoxy) is 1. The molecular formula is C15H16F2N4O. The monoisotopic (exact) mass is 306 g/mol. The molecular weight excluding hydrogens is 290 g/mol. The number of rotatable bonds is 5. The van der Waals surface area contributed by atoms with Gasteiger partial charge in [-0.1, -0.05) is 17.4 Å². The van der Waals surface area contributed by atoms with Crippen LogP contribution in [0.15, 0.2) is 36.7 Å². The summed E-state index contributed by atoms with van der Waals surface area (Å²) in [5.74, 6) is -1.15. The van der Waals surface area contributed by atoms with Crippen LogP contribution in [0.25, 0.3) is 6.08 Å². The van der Waals surface area contributed by atoms with Crippen LogP contribution in [0.4, 0.5) is 8.78 Å². The molecule has 0 spiro atoms. The fourth-order valence-corrected chi connectivity index (χ4v) is 2.43. The summed E-state index contributed by atoms with van der Waals surface area (Å²) in [6, 6.07) is 3.74. The van der Waals surface area contributed by atoms with Gasteiger partial charge in [-0.15, -0.1) is 5.10 Å². The maximum Gasteiger partial charge on any atom is 0.133 e. The Hall–Kier alpha value is -2.12. The summed E-state index contributed by atoms with van der Waals surface area (Å²) < 4.78 is 33.5. The molecule has 1 fully saturated rings. The van der Waals surface area contributed by atoms with Crippen LogP contribution in [0.1, 0.15) is 11.6 Å². The number of hydrogen-bond acceptors (Lipinski definition) is 4. The third-order valence-electron chi connectivity index (χ3n) is 3.59. The minimum Gasteiger partial charge on any atom is -0.377 e. The topological polar surface area (TPSA) is 52.0 Å². The first kappa shape index (κ1) is 14.8. The maximum atomic E-state index is 13.5. The lowest BCUT2D eigenvalue weighted by Gasteiger charge is -2.17. The van der Waals surface area contributed by atoms with E-state index in [0.717, 1.165) is 6.07 Å². The van der Waals surface area contributed by atoms with E-state index in [-0.39, 0.29) is 12.1 Å². The van der Waals surface area contributed by atoms with Gasteiger partial charge in [0.05, 0.1) is 31.5 Å². The normalized spacial score (nSPS) is 21.7. The third-order valence-corrected chi connectivity index (χ3v) is 3.59. The minimum absolute atomic E-state index is 0.0958. The Balaban J connectivity index is 1.55. The van der Waals surface area contributed by atoms with E-state index >= 15 is 0 Å². The van der Waals surface area contributed by atoms with Crippen molar-refractivity contribution >= 4 is 6.08 Å². The lowest BCUT2D eigenvalue weighted by Crippen LogP contribution is -2.37. The van der Waals surface area contributed by atoms with Gasteiger partial charge in [0.2, 0.25) is 0 Å². The molecule has 5 nitrogen and oxygen atoms in total. The first-order chi connectivity index (χ1) is 10.7. The molecule has 1 aromatic heterocycles. The molecule has 0 amide bonds. The summed E-state index contributed by atoms with van der Waals surface area (Å²) in [7, 11) is 0. The molecule has 1 N–H and O–H groups in total. The first-order valence-electron chi connectivity index (χ1n) is 7.02. The average Bonchev–Trinajstić information content (AvgIpc) is 3.16. The molecule has 2 aromatic rings. The lowest BCUT2D eigenvalue weighted by molar-refractivity contribution is 0.181. The largest absolute Gasteiger partial charge is 0.377 e. The molecule has 1 aliphatic rings. The Morgan fingerprint density at radius 2 is 2.27 bits per heavy atom. The summed E-state index contributed by atoms with van der Waals surface area (Å²) in [5.41, 5.74) is 0.360. The number of nitrogens with zero attached hydrogens (tertiary/aromatic N) is 3. The molecule has 2 heterocycles. The Labute approximate surface area is 126 Å².